The second kappa shape index (κ2) is 4.96. The first kappa shape index (κ1) is 12.9. The standard InChI is InChI=1S/C12H14ClN3O2/c1-6-3-7(2)11(8(13)4-6)14-12(18)9-5-10(17)16-15-9/h3-4,9,15H,5H2,1-2H3,(H,14,18)(H,16,17). The molecule has 0 radical (unpaired) electrons. The number of nitrogens with one attached hydrogen (secondary N) is 3. The Balaban J connectivity index is 2.14. The number of amides is 2. The molecule has 2 rings (SSSR count). The van der Waals surface area contributed by atoms with Crippen LogP contribution in [0.3, 0.4) is 0 Å². The van der Waals surface area contributed by atoms with Crippen molar-refractivity contribution in [1.29, 1.82) is 0 Å². The molecule has 1 fully saturated rings. The van der Waals surface area contributed by atoms with E-state index in [2.05, 4.69) is 16.2 Å². The molecule has 1 unspecified atom stereocenters. The van der Waals surface area contributed by atoms with Crippen LogP contribution in [0.25, 0.3) is 0 Å². The van der Waals surface area contributed by atoms with Crippen molar-refractivity contribution in [3.63, 3.8) is 0 Å². The van der Waals surface area contributed by atoms with Crippen molar-refractivity contribution in [2.45, 2.75) is 26.3 Å². The van der Waals surface area contributed by atoms with E-state index in [0.717, 1.165) is 11.1 Å². The first-order valence-electron chi connectivity index (χ1n) is 5.59. The van der Waals surface area contributed by atoms with Gasteiger partial charge < -0.3 is 5.32 Å². The van der Waals surface area contributed by atoms with Crippen LogP contribution in [0.15, 0.2) is 12.1 Å². The molecule has 2 amide bonds. The number of hydrogen-bond donors (Lipinski definition) is 3. The molecule has 0 aromatic heterocycles. The van der Waals surface area contributed by atoms with E-state index in [1.54, 1.807) is 6.07 Å². The van der Waals surface area contributed by atoms with E-state index in [1.165, 1.54) is 0 Å². The van der Waals surface area contributed by atoms with Gasteiger partial charge in [0.15, 0.2) is 0 Å². The highest BCUT2D eigenvalue weighted by Gasteiger charge is 2.28. The lowest BCUT2D eigenvalue weighted by Crippen LogP contribution is -2.39. The van der Waals surface area contributed by atoms with Crippen molar-refractivity contribution >= 4 is 29.1 Å². The summed E-state index contributed by atoms with van der Waals surface area (Å²) in [6, 6.07) is 3.16. The lowest BCUT2D eigenvalue weighted by molar-refractivity contribution is -0.121. The summed E-state index contributed by atoms with van der Waals surface area (Å²) in [4.78, 5) is 22.9. The zero-order valence-corrected chi connectivity index (χ0v) is 10.9. The molecule has 0 bridgehead atoms. The second-order valence-electron chi connectivity index (χ2n) is 4.38. The summed E-state index contributed by atoms with van der Waals surface area (Å²) in [5.74, 6) is -0.468. The Hall–Kier alpha value is -1.59. The van der Waals surface area contributed by atoms with Crippen molar-refractivity contribution < 1.29 is 9.59 Å². The highest BCUT2D eigenvalue weighted by Crippen LogP contribution is 2.27. The van der Waals surface area contributed by atoms with Crippen LogP contribution in [0, 0.1) is 13.8 Å². The van der Waals surface area contributed by atoms with Gasteiger partial charge in [-0.05, 0) is 31.0 Å². The van der Waals surface area contributed by atoms with E-state index in [-0.39, 0.29) is 18.2 Å². The van der Waals surface area contributed by atoms with Crippen LogP contribution < -0.4 is 16.2 Å². The Kier molecular flexibility index (Phi) is 3.54. The molecule has 1 aromatic rings. The molecule has 0 spiro atoms. The minimum Gasteiger partial charge on any atom is -0.323 e. The van der Waals surface area contributed by atoms with Gasteiger partial charge in [-0.2, -0.15) is 0 Å². The van der Waals surface area contributed by atoms with Gasteiger partial charge in [0.1, 0.15) is 6.04 Å². The highest BCUT2D eigenvalue weighted by atomic mass is 35.5. The number of benzene rings is 1. The molecular weight excluding hydrogens is 254 g/mol. The average molecular weight is 268 g/mol. The van der Waals surface area contributed by atoms with Crippen LogP contribution >= 0.6 is 11.6 Å². The van der Waals surface area contributed by atoms with Crippen molar-refractivity contribution in [1.82, 2.24) is 10.9 Å². The first-order valence-corrected chi connectivity index (χ1v) is 5.97. The summed E-state index contributed by atoms with van der Waals surface area (Å²) in [6.07, 6.45) is 0.133. The third kappa shape index (κ3) is 2.63. The minimum absolute atomic E-state index is 0.133. The maximum atomic E-state index is 11.9. The van der Waals surface area contributed by atoms with Crippen molar-refractivity contribution in [2.75, 3.05) is 5.32 Å². The molecule has 1 aliphatic heterocycles. The van der Waals surface area contributed by atoms with Crippen molar-refractivity contribution in [3.05, 3.63) is 28.3 Å². The van der Waals surface area contributed by atoms with E-state index in [1.807, 2.05) is 19.9 Å². The molecule has 1 aromatic carbocycles. The Morgan fingerprint density at radius 3 is 2.72 bits per heavy atom. The SMILES string of the molecule is Cc1cc(C)c(NC(=O)C2CC(=O)NN2)c(Cl)c1. The summed E-state index contributed by atoms with van der Waals surface area (Å²) in [6.45, 7) is 3.81. The molecule has 1 saturated heterocycles. The molecule has 5 nitrogen and oxygen atoms in total. The topological polar surface area (TPSA) is 70.2 Å². The van der Waals surface area contributed by atoms with Gasteiger partial charge in [0.2, 0.25) is 11.8 Å². The molecule has 1 atom stereocenters. The number of anilines is 1. The van der Waals surface area contributed by atoms with Gasteiger partial charge in [0.25, 0.3) is 0 Å². The third-order valence-electron chi connectivity index (χ3n) is 2.77. The summed E-state index contributed by atoms with van der Waals surface area (Å²) >= 11 is 6.10. The zero-order chi connectivity index (χ0) is 13.3. The fourth-order valence-corrected chi connectivity index (χ4v) is 2.27. The zero-order valence-electron chi connectivity index (χ0n) is 10.1. The number of aryl methyl sites for hydroxylation is 2. The quantitative estimate of drug-likeness (QED) is 0.756. The van der Waals surface area contributed by atoms with E-state index < -0.39 is 6.04 Å². The van der Waals surface area contributed by atoms with Crippen LogP contribution in [0.5, 0.6) is 0 Å². The smallest absolute Gasteiger partial charge is 0.243 e. The predicted octanol–water partition coefficient (Wildman–Crippen LogP) is 1.29. The molecular formula is C12H14ClN3O2. The van der Waals surface area contributed by atoms with Gasteiger partial charge in [0.05, 0.1) is 17.1 Å². The molecule has 0 aliphatic carbocycles. The van der Waals surface area contributed by atoms with E-state index in [4.69, 9.17) is 11.6 Å². The molecule has 3 N–H and O–H groups in total. The fourth-order valence-electron chi connectivity index (χ4n) is 1.90. The molecule has 6 heteroatoms. The number of carbonyl (C=O) groups excluding carboxylic acids is 2. The van der Waals surface area contributed by atoms with Crippen LogP contribution in [0.1, 0.15) is 17.5 Å². The number of rotatable bonds is 2. The molecule has 1 heterocycles. The Bertz CT molecular complexity index is 493. The van der Waals surface area contributed by atoms with Crippen LogP contribution in [-0.2, 0) is 9.59 Å². The van der Waals surface area contributed by atoms with Gasteiger partial charge in [0, 0.05) is 0 Å². The molecule has 18 heavy (non-hydrogen) atoms. The number of carbonyl (C=O) groups is 2. The predicted molar refractivity (Wildman–Crippen MR) is 69.2 cm³/mol. The lowest BCUT2D eigenvalue weighted by atomic mass is 10.1. The second-order valence-corrected chi connectivity index (χ2v) is 4.78. The molecule has 96 valence electrons. The largest absolute Gasteiger partial charge is 0.323 e. The minimum atomic E-state index is -0.561. The normalized spacial score (nSPS) is 18.6. The van der Waals surface area contributed by atoms with E-state index in [9.17, 15) is 9.59 Å². The van der Waals surface area contributed by atoms with Crippen LogP contribution in [-0.4, -0.2) is 17.9 Å². The Morgan fingerprint density at radius 2 is 2.17 bits per heavy atom. The van der Waals surface area contributed by atoms with Gasteiger partial charge in [-0.25, -0.2) is 5.43 Å². The molecule has 1 aliphatic rings. The number of hydrogen-bond acceptors (Lipinski definition) is 3. The van der Waals surface area contributed by atoms with Gasteiger partial charge in [-0.1, -0.05) is 17.7 Å². The van der Waals surface area contributed by atoms with Gasteiger partial charge >= 0.3 is 0 Å². The third-order valence-corrected chi connectivity index (χ3v) is 3.07. The Morgan fingerprint density at radius 1 is 1.44 bits per heavy atom. The summed E-state index contributed by atoms with van der Waals surface area (Å²) in [5, 5.41) is 3.24. The fraction of sp³-hybridized carbons (Fsp3) is 0.333. The lowest BCUT2D eigenvalue weighted by Gasteiger charge is -2.14. The number of halogens is 1. The average Bonchev–Trinajstić information content (AvgIpc) is 2.70. The first-order chi connectivity index (χ1) is 8.47. The maximum absolute atomic E-state index is 11.9. The Labute approximate surface area is 110 Å². The van der Waals surface area contributed by atoms with Crippen molar-refractivity contribution in [3.8, 4) is 0 Å². The highest BCUT2D eigenvalue weighted by molar-refractivity contribution is 6.34. The van der Waals surface area contributed by atoms with Gasteiger partial charge in [-0.3, -0.25) is 15.0 Å². The van der Waals surface area contributed by atoms with Crippen molar-refractivity contribution in [2.24, 2.45) is 0 Å². The van der Waals surface area contributed by atoms with Crippen LogP contribution in [0.2, 0.25) is 5.02 Å². The maximum Gasteiger partial charge on any atom is 0.243 e. The summed E-state index contributed by atoms with van der Waals surface area (Å²) < 4.78 is 0. The number of hydrazine groups is 1. The van der Waals surface area contributed by atoms with Crippen LogP contribution in [0.4, 0.5) is 5.69 Å². The summed E-state index contributed by atoms with van der Waals surface area (Å²) in [7, 11) is 0. The van der Waals surface area contributed by atoms with Gasteiger partial charge in [-0.15, -0.1) is 0 Å². The summed E-state index contributed by atoms with van der Waals surface area (Å²) in [5.41, 5.74) is 7.53. The van der Waals surface area contributed by atoms with E-state index in [0.29, 0.717) is 10.7 Å². The molecule has 0 saturated carbocycles. The van der Waals surface area contributed by atoms with E-state index >= 15 is 0 Å². The monoisotopic (exact) mass is 267 g/mol.